The highest BCUT2D eigenvalue weighted by Crippen LogP contribution is 2.21. The van der Waals surface area contributed by atoms with Gasteiger partial charge in [0.2, 0.25) is 5.91 Å². The Hall–Kier alpha value is -2.02. The molecule has 0 aromatic heterocycles. The van der Waals surface area contributed by atoms with Gasteiger partial charge in [-0.15, -0.1) is 0 Å². The molecule has 0 spiro atoms. The van der Waals surface area contributed by atoms with E-state index in [9.17, 15) is 18.4 Å². The second-order valence-electron chi connectivity index (χ2n) is 5.88. The molecule has 1 aliphatic rings. The van der Waals surface area contributed by atoms with Crippen molar-refractivity contribution in [3.8, 4) is 0 Å². The number of nitrogens with one attached hydrogen (secondary N) is 1. The third kappa shape index (κ3) is 4.50. The highest BCUT2D eigenvalue weighted by atomic mass is 19.1. The lowest BCUT2D eigenvalue weighted by molar-refractivity contribution is -0.150. The first-order valence-electron chi connectivity index (χ1n) is 8.09. The number of halogens is 2. The van der Waals surface area contributed by atoms with Crippen molar-refractivity contribution in [1.29, 1.82) is 0 Å². The van der Waals surface area contributed by atoms with Crippen molar-refractivity contribution in [2.45, 2.75) is 32.7 Å². The molecule has 1 aromatic rings. The SMILES string of the molecule is CCOC(=O)[C@H]1CCCN([C@@H](C)C(=O)Nc2ccc(F)cc2F)C1. The van der Waals surface area contributed by atoms with Crippen molar-refractivity contribution in [3.63, 3.8) is 0 Å². The molecule has 0 radical (unpaired) electrons. The first-order valence-corrected chi connectivity index (χ1v) is 8.09. The topological polar surface area (TPSA) is 58.6 Å². The van der Waals surface area contributed by atoms with Crippen LogP contribution in [0.15, 0.2) is 18.2 Å². The van der Waals surface area contributed by atoms with Crippen LogP contribution in [-0.2, 0) is 14.3 Å². The molecule has 24 heavy (non-hydrogen) atoms. The minimum absolute atomic E-state index is 0.0628. The normalized spacial score (nSPS) is 19.6. The summed E-state index contributed by atoms with van der Waals surface area (Å²) in [6, 6.07) is 2.46. The van der Waals surface area contributed by atoms with Crippen LogP contribution >= 0.6 is 0 Å². The van der Waals surface area contributed by atoms with E-state index < -0.39 is 23.6 Å². The van der Waals surface area contributed by atoms with Crippen molar-refractivity contribution in [3.05, 3.63) is 29.8 Å². The summed E-state index contributed by atoms with van der Waals surface area (Å²) in [7, 11) is 0. The van der Waals surface area contributed by atoms with Gasteiger partial charge in [0.25, 0.3) is 0 Å². The summed E-state index contributed by atoms with van der Waals surface area (Å²) in [5.41, 5.74) is -0.0628. The summed E-state index contributed by atoms with van der Waals surface area (Å²) in [5, 5.41) is 2.47. The predicted molar refractivity (Wildman–Crippen MR) is 85.4 cm³/mol. The molecule has 1 N–H and O–H groups in total. The molecule has 1 fully saturated rings. The maximum atomic E-state index is 13.6. The first-order chi connectivity index (χ1) is 11.4. The lowest BCUT2D eigenvalue weighted by Crippen LogP contribution is -2.48. The van der Waals surface area contributed by atoms with Gasteiger partial charge in [0.1, 0.15) is 11.6 Å². The second-order valence-corrected chi connectivity index (χ2v) is 5.88. The summed E-state index contributed by atoms with van der Waals surface area (Å²) in [6.07, 6.45) is 1.52. The number of anilines is 1. The van der Waals surface area contributed by atoms with E-state index >= 15 is 0 Å². The van der Waals surface area contributed by atoms with Crippen LogP contribution in [0.2, 0.25) is 0 Å². The third-order valence-corrected chi connectivity index (χ3v) is 4.19. The van der Waals surface area contributed by atoms with Crippen molar-refractivity contribution in [1.82, 2.24) is 4.90 Å². The van der Waals surface area contributed by atoms with E-state index in [1.165, 1.54) is 6.07 Å². The molecule has 2 atom stereocenters. The average Bonchev–Trinajstić information content (AvgIpc) is 2.57. The first kappa shape index (κ1) is 18.3. The van der Waals surface area contributed by atoms with E-state index in [1.807, 2.05) is 4.90 Å². The fraction of sp³-hybridized carbons (Fsp3) is 0.529. The molecule has 0 saturated carbocycles. The Balaban J connectivity index is 1.98. The number of hydrogen-bond donors (Lipinski definition) is 1. The molecule has 7 heteroatoms. The largest absolute Gasteiger partial charge is 0.466 e. The maximum Gasteiger partial charge on any atom is 0.310 e. The molecule has 0 aliphatic carbocycles. The molecule has 1 aliphatic heterocycles. The molecular weight excluding hydrogens is 318 g/mol. The number of benzene rings is 1. The van der Waals surface area contributed by atoms with Gasteiger partial charge in [-0.3, -0.25) is 14.5 Å². The van der Waals surface area contributed by atoms with Gasteiger partial charge in [0, 0.05) is 12.6 Å². The van der Waals surface area contributed by atoms with Crippen molar-refractivity contribution < 1.29 is 23.1 Å². The quantitative estimate of drug-likeness (QED) is 0.837. The van der Waals surface area contributed by atoms with Crippen LogP contribution in [-0.4, -0.2) is 42.5 Å². The lowest BCUT2D eigenvalue weighted by Gasteiger charge is -2.35. The van der Waals surface area contributed by atoms with E-state index in [-0.39, 0.29) is 17.6 Å². The number of amides is 1. The number of rotatable bonds is 5. The van der Waals surface area contributed by atoms with Crippen LogP contribution < -0.4 is 5.32 Å². The standard InChI is InChI=1S/C17H22F2N2O3/c1-3-24-17(23)12-5-4-8-21(10-12)11(2)16(22)20-15-7-6-13(18)9-14(15)19/h6-7,9,11-12H,3-5,8,10H2,1-2H3,(H,20,22)/t11-,12-/m0/s1. The van der Waals surface area contributed by atoms with E-state index in [4.69, 9.17) is 4.74 Å². The van der Waals surface area contributed by atoms with Gasteiger partial charge in [0.05, 0.1) is 24.3 Å². The molecule has 5 nitrogen and oxygen atoms in total. The van der Waals surface area contributed by atoms with Gasteiger partial charge in [-0.05, 0) is 45.4 Å². The second kappa shape index (κ2) is 8.19. The number of carbonyl (C=O) groups excluding carboxylic acids is 2. The van der Waals surface area contributed by atoms with Crippen LogP contribution in [0.1, 0.15) is 26.7 Å². The van der Waals surface area contributed by atoms with Gasteiger partial charge in [-0.1, -0.05) is 0 Å². The number of hydrogen-bond acceptors (Lipinski definition) is 4. The molecule has 0 bridgehead atoms. The van der Waals surface area contributed by atoms with Crippen LogP contribution in [0, 0.1) is 17.6 Å². The number of likely N-dealkylation sites (tertiary alicyclic amines) is 1. The Kier molecular flexibility index (Phi) is 6.25. The van der Waals surface area contributed by atoms with Gasteiger partial charge >= 0.3 is 5.97 Å². The Morgan fingerprint density at radius 2 is 2.17 bits per heavy atom. The highest BCUT2D eigenvalue weighted by molar-refractivity contribution is 5.94. The molecule has 1 aromatic carbocycles. The van der Waals surface area contributed by atoms with E-state index in [1.54, 1.807) is 13.8 Å². The van der Waals surface area contributed by atoms with Crippen LogP contribution in [0.3, 0.4) is 0 Å². The summed E-state index contributed by atoms with van der Waals surface area (Å²) in [5.74, 6) is -2.42. The zero-order chi connectivity index (χ0) is 17.7. The van der Waals surface area contributed by atoms with E-state index in [0.717, 1.165) is 25.0 Å². The molecule has 132 valence electrons. The Bertz CT molecular complexity index is 609. The van der Waals surface area contributed by atoms with Gasteiger partial charge in [0.15, 0.2) is 0 Å². The zero-order valence-corrected chi connectivity index (χ0v) is 13.9. The summed E-state index contributed by atoms with van der Waals surface area (Å²) in [6.45, 7) is 4.89. The number of esters is 1. The van der Waals surface area contributed by atoms with Crippen LogP contribution in [0.4, 0.5) is 14.5 Å². The molecule has 1 heterocycles. The number of piperidine rings is 1. The van der Waals surface area contributed by atoms with Crippen LogP contribution in [0.5, 0.6) is 0 Å². The number of nitrogens with zero attached hydrogens (tertiary/aromatic N) is 1. The minimum atomic E-state index is -0.821. The van der Waals surface area contributed by atoms with Crippen molar-refractivity contribution in [2.75, 3.05) is 25.0 Å². The number of ether oxygens (including phenoxy) is 1. The maximum absolute atomic E-state index is 13.6. The molecular formula is C17H22F2N2O3. The lowest BCUT2D eigenvalue weighted by atomic mass is 9.97. The molecule has 2 rings (SSSR count). The van der Waals surface area contributed by atoms with Gasteiger partial charge < -0.3 is 10.1 Å². The van der Waals surface area contributed by atoms with Crippen molar-refractivity contribution in [2.24, 2.45) is 5.92 Å². The van der Waals surface area contributed by atoms with Gasteiger partial charge in [-0.2, -0.15) is 0 Å². The summed E-state index contributed by atoms with van der Waals surface area (Å²) in [4.78, 5) is 26.1. The zero-order valence-electron chi connectivity index (χ0n) is 13.9. The smallest absolute Gasteiger partial charge is 0.310 e. The fourth-order valence-electron chi connectivity index (χ4n) is 2.80. The predicted octanol–water partition coefficient (Wildman–Crippen LogP) is 2.57. The van der Waals surface area contributed by atoms with Gasteiger partial charge in [-0.25, -0.2) is 8.78 Å². The van der Waals surface area contributed by atoms with E-state index in [2.05, 4.69) is 5.32 Å². The molecule has 1 amide bonds. The minimum Gasteiger partial charge on any atom is -0.466 e. The summed E-state index contributed by atoms with van der Waals surface area (Å²) >= 11 is 0. The molecule has 1 saturated heterocycles. The van der Waals surface area contributed by atoms with Crippen LogP contribution in [0.25, 0.3) is 0 Å². The summed E-state index contributed by atoms with van der Waals surface area (Å²) < 4.78 is 31.6. The molecule has 0 unspecified atom stereocenters. The van der Waals surface area contributed by atoms with Crippen molar-refractivity contribution >= 4 is 17.6 Å². The Labute approximate surface area is 140 Å². The Morgan fingerprint density at radius 3 is 2.83 bits per heavy atom. The van der Waals surface area contributed by atoms with E-state index in [0.29, 0.717) is 19.7 Å². The number of carbonyl (C=O) groups is 2. The highest BCUT2D eigenvalue weighted by Gasteiger charge is 2.31. The fourth-order valence-corrected chi connectivity index (χ4v) is 2.80. The monoisotopic (exact) mass is 340 g/mol. The third-order valence-electron chi connectivity index (χ3n) is 4.19. The Morgan fingerprint density at radius 1 is 1.42 bits per heavy atom. The average molecular weight is 340 g/mol.